The molecular formula is C25H32N2O4. The third kappa shape index (κ3) is 7.55. The van der Waals surface area contributed by atoms with Crippen LogP contribution in [0.25, 0.3) is 0 Å². The second-order valence-corrected chi connectivity index (χ2v) is 7.95. The highest BCUT2D eigenvalue weighted by molar-refractivity contribution is 5.97. The highest BCUT2D eigenvalue weighted by Gasteiger charge is 2.27. The van der Waals surface area contributed by atoms with Crippen LogP contribution in [-0.4, -0.2) is 37.0 Å². The van der Waals surface area contributed by atoms with E-state index in [-0.39, 0.29) is 36.9 Å². The van der Waals surface area contributed by atoms with E-state index < -0.39 is 12.0 Å². The Bertz CT molecular complexity index is 880. The van der Waals surface area contributed by atoms with Crippen molar-refractivity contribution in [1.82, 2.24) is 10.6 Å². The number of esters is 1. The fourth-order valence-electron chi connectivity index (χ4n) is 3.28. The van der Waals surface area contributed by atoms with Crippen molar-refractivity contribution in [2.24, 2.45) is 11.8 Å². The van der Waals surface area contributed by atoms with Gasteiger partial charge in [-0.25, -0.2) is 0 Å². The van der Waals surface area contributed by atoms with E-state index in [1.807, 2.05) is 63.2 Å². The van der Waals surface area contributed by atoms with Gasteiger partial charge in [-0.05, 0) is 43.9 Å². The lowest BCUT2D eigenvalue weighted by Gasteiger charge is -2.23. The van der Waals surface area contributed by atoms with Gasteiger partial charge in [0.2, 0.25) is 5.91 Å². The van der Waals surface area contributed by atoms with Gasteiger partial charge in [0.05, 0.1) is 12.5 Å². The van der Waals surface area contributed by atoms with Crippen LogP contribution in [0.3, 0.4) is 0 Å². The van der Waals surface area contributed by atoms with Crippen LogP contribution in [0.1, 0.15) is 42.3 Å². The molecule has 31 heavy (non-hydrogen) atoms. The van der Waals surface area contributed by atoms with Crippen LogP contribution in [0.5, 0.6) is 0 Å². The van der Waals surface area contributed by atoms with Gasteiger partial charge in [0.15, 0.2) is 0 Å². The van der Waals surface area contributed by atoms with Crippen LogP contribution < -0.4 is 10.6 Å². The summed E-state index contributed by atoms with van der Waals surface area (Å²) >= 11 is 0. The SMILES string of the molecule is CCOC(=O)[C@H](CNC(=O)[C@@H](NC(=O)c1cccc(C)c1)C(C)C)Cc1ccccc1. The molecule has 0 aliphatic rings. The van der Waals surface area contributed by atoms with Crippen molar-refractivity contribution in [3.8, 4) is 0 Å². The summed E-state index contributed by atoms with van der Waals surface area (Å²) in [5.41, 5.74) is 2.46. The molecule has 0 heterocycles. The zero-order valence-electron chi connectivity index (χ0n) is 18.7. The lowest BCUT2D eigenvalue weighted by atomic mass is 9.98. The van der Waals surface area contributed by atoms with Gasteiger partial charge in [-0.1, -0.05) is 61.9 Å². The molecule has 2 aromatic rings. The Labute approximate surface area is 184 Å². The molecule has 0 radical (unpaired) electrons. The summed E-state index contributed by atoms with van der Waals surface area (Å²) in [4.78, 5) is 37.9. The first kappa shape index (κ1) is 24.1. The number of rotatable bonds is 10. The van der Waals surface area contributed by atoms with Crippen molar-refractivity contribution in [2.45, 2.75) is 40.2 Å². The van der Waals surface area contributed by atoms with E-state index in [0.717, 1.165) is 11.1 Å². The van der Waals surface area contributed by atoms with E-state index in [2.05, 4.69) is 10.6 Å². The maximum Gasteiger partial charge on any atom is 0.311 e. The summed E-state index contributed by atoms with van der Waals surface area (Å²) < 4.78 is 5.19. The molecular weight excluding hydrogens is 392 g/mol. The number of hydrogen-bond donors (Lipinski definition) is 2. The number of amides is 2. The third-order valence-electron chi connectivity index (χ3n) is 4.98. The van der Waals surface area contributed by atoms with Crippen molar-refractivity contribution in [3.63, 3.8) is 0 Å². The number of benzene rings is 2. The third-order valence-corrected chi connectivity index (χ3v) is 4.98. The van der Waals surface area contributed by atoms with Gasteiger partial charge < -0.3 is 15.4 Å². The molecule has 6 heteroatoms. The number of nitrogens with one attached hydrogen (secondary N) is 2. The van der Waals surface area contributed by atoms with E-state index >= 15 is 0 Å². The zero-order valence-corrected chi connectivity index (χ0v) is 18.7. The molecule has 2 amide bonds. The molecule has 0 spiro atoms. The lowest BCUT2D eigenvalue weighted by Crippen LogP contribution is -2.51. The Balaban J connectivity index is 2.05. The lowest BCUT2D eigenvalue weighted by molar-refractivity contribution is -0.147. The molecule has 0 bridgehead atoms. The molecule has 0 unspecified atom stereocenters. The van der Waals surface area contributed by atoms with Crippen LogP contribution in [0, 0.1) is 18.8 Å². The Morgan fingerprint density at radius 2 is 1.71 bits per heavy atom. The molecule has 0 aromatic heterocycles. The van der Waals surface area contributed by atoms with E-state index in [1.54, 1.807) is 19.1 Å². The normalized spacial score (nSPS) is 12.7. The van der Waals surface area contributed by atoms with Gasteiger partial charge in [-0.2, -0.15) is 0 Å². The quantitative estimate of drug-likeness (QED) is 0.573. The van der Waals surface area contributed by atoms with Crippen molar-refractivity contribution in [3.05, 3.63) is 71.3 Å². The van der Waals surface area contributed by atoms with Crippen molar-refractivity contribution in [1.29, 1.82) is 0 Å². The highest BCUT2D eigenvalue weighted by Crippen LogP contribution is 2.12. The number of hydrogen-bond acceptors (Lipinski definition) is 4. The second-order valence-electron chi connectivity index (χ2n) is 7.95. The minimum absolute atomic E-state index is 0.121. The maximum atomic E-state index is 12.9. The molecule has 6 nitrogen and oxygen atoms in total. The molecule has 0 fully saturated rings. The maximum absolute atomic E-state index is 12.9. The van der Waals surface area contributed by atoms with Crippen LogP contribution in [-0.2, 0) is 20.7 Å². The number of aryl methyl sites for hydroxylation is 1. The average molecular weight is 425 g/mol. The van der Waals surface area contributed by atoms with E-state index in [4.69, 9.17) is 4.74 Å². The van der Waals surface area contributed by atoms with Crippen molar-refractivity contribution in [2.75, 3.05) is 13.2 Å². The highest BCUT2D eigenvalue weighted by atomic mass is 16.5. The van der Waals surface area contributed by atoms with Gasteiger partial charge in [-0.3, -0.25) is 14.4 Å². The van der Waals surface area contributed by atoms with E-state index in [1.165, 1.54) is 0 Å². The average Bonchev–Trinajstić information content (AvgIpc) is 2.75. The summed E-state index contributed by atoms with van der Waals surface area (Å²) in [6.07, 6.45) is 0.460. The molecule has 0 saturated heterocycles. The minimum atomic E-state index is -0.715. The first-order valence-electron chi connectivity index (χ1n) is 10.7. The largest absolute Gasteiger partial charge is 0.466 e. The smallest absolute Gasteiger partial charge is 0.311 e. The van der Waals surface area contributed by atoms with Gasteiger partial charge in [-0.15, -0.1) is 0 Å². The summed E-state index contributed by atoms with van der Waals surface area (Å²) in [5, 5.41) is 5.66. The summed E-state index contributed by atoms with van der Waals surface area (Å²) in [7, 11) is 0. The van der Waals surface area contributed by atoms with Crippen LogP contribution in [0.4, 0.5) is 0 Å². The van der Waals surface area contributed by atoms with Crippen molar-refractivity contribution < 1.29 is 19.1 Å². The molecule has 2 N–H and O–H groups in total. The van der Waals surface area contributed by atoms with E-state index in [0.29, 0.717) is 12.0 Å². The number of carbonyl (C=O) groups is 3. The number of carbonyl (C=O) groups excluding carboxylic acids is 3. The molecule has 166 valence electrons. The fourth-order valence-corrected chi connectivity index (χ4v) is 3.28. The second kappa shape index (κ2) is 11.9. The molecule has 2 rings (SSSR count). The molecule has 2 aromatic carbocycles. The Kier molecular flexibility index (Phi) is 9.25. The summed E-state index contributed by atoms with van der Waals surface area (Å²) in [6, 6.07) is 16.1. The predicted octanol–water partition coefficient (Wildman–Crippen LogP) is 3.29. The Morgan fingerprint density at radius 3 is 2.32 bits per heavy atom. The molecule has 0 aliphatic carbocycles. The fraction of sp³-hybridized carbons (Fsp3) is 0.400. The first-order chi connectivity index (χ1) is 14.8. The Hall–Kier alpha value is -3.15. The predicted molar refractivity (Wildman–Crippen MR) is 121 cm³/mol. The first-order valence-corrected chi connectivity index (χ1v) is 10.7. The monoisotopic (exact) mass is 424 g/mol. The molecule has 0 aliphatic heterocycles. The topological polar surface area (TPSA) is 84.5 Å². The summed E-state index contributed by atoms with van der Waals surface area (Å²) in [6.45, 7) is 7.81. The van der Waals surface area contributed by atoms with Crippen LogP contribution in [0.15, 0.2) is 54.6 Å². The number of ether oxygens (including phenoxy) is 1. The minimum Gasteiger partial charge on any atom is -0.466 e. The van der Waals surface area contributed by atoms with Crippen LogP contribution in [0.2, 0.25) is 0 Å². The zero-order chi connectivity index (χ0) is 22.8. The van der Waals surface area contributed by atoms with Gasteiger partial charge in [0.25, 0.3) is 5.91 Å². The standard InChI is InChI=1S/C25H32N2O4/c1-5-31-25(30)21(15-19-11-7-6-8-12-19)16-26-24(29)22(17(2)3)27-23(28)20-13-9-10-18(4)14-20/h6-14,17,21-22H,5,15-16H2,1-4H3,(H,26,29)(H,27,28)/t21-,22-/m0/s1. The Morgan fingerprint density at radius 1 is 1.00 bits per heavy atom. The van der Waals surface area contributed by atoms with Gasteiger partial charge in [0.1, 0.15) is 6.04 Å². The summed E-state index contributed by atoms with van der Waals surface area (Å²) in [5.74, 6) is -1.60. The van der Waals surface area contributed by atoms with E-state index in [9.17, 15) is 14.4 Å². The molecule has 2 atom stereocenters. The van der Waals surface area contributed by atoms with Crippen molar-refractivity contribution >= 4 is 17.8 Å². The van der Waals surface area contributed by atoms with Crippen LogP contribution >= 0.6 is 0 Å². The molecule has 0 saturated carbocycles. The van der Waals surface area contributed by atoms with Gasteiger partial charge >= 0.3 is 5.97 Å². The van der Waals surface area contributed by atoms with Gasteiger partial charge in [0, 0.05) is 12.1 Å².